The second-order valence-corrected chi connectivity index (χ2v) is 2.60. The van der Waals surface area contributed by atoms with Crippen LogP contribution in [0.3, 0.4) is 0 Å². The Hall–Kier alpha value is -0.200. The van der Waals surface area contributed by atoms with Crippen LogP contribution in [-0.4, -0.2) is 58.1 Å². The fourth-order valence-electron chi connectivity index (χ4n) is 1.03. The summed E-state index contributed by atoms with van der Waals surface area (Å²) in [6.45, 7) is -0.408. The molecule has 11 heavy (non-hydrogen) atoms. The summed E-state index contributed by atoms with van der Waals surface area (Å²) >= 11 is 0. The predicted molar refractivity (Wildman–Crippen MR) is 34.8 cm³/mol. The SMILES string of the molecule is OCC1OCC(O)[C@H](O)[C@H]1O. The summed E-state index contributed by atoms with van der Waals surface area (Å²) in [7, 11) is 0. The molecular weight excluding hydrogens is 152 g/mol. The molecule has 0 aromatic heterocycles. The lowest BCUT2D eigenvalue weighted by molar-refractivity contribution is -0.195. The van der Waals surface area contributed by atoms with Crippen molar-refractivity contribution in [3.8, 4) is 0 Å². The smallest absolute Gasteiger partial charge is 0.111 e. The summed E-state index contributed by atoms with van der Waals surface area (Å²) < 4.78 is 4.81. The Labute approximate surface area is 63.8 Å². The lowest BCUT2D eigenvalue weighted by Crippen LogP contribution is -2.53. The minimum absolute atomic E-state index is 0.0521. The normalized spacial score (nSPS) is 45.8. The van der Waals surface area contributed by atoms with Crippen LogP contribution in [0.1, 0.15) is 0 Å². The molecule has 0 spiro atoms. The molecule has 0 saturated carbocycles. The second-order valence-electron chi connectivity index (χ2n) is 2.60. The van der Waals surface area contributed by atoms with E-state index in [4.69, 9.17) is 25.2 Å². The maximum absolute atomic E-state index is 9.11. The van der Waals surface area contributed by atoms with Crippen molar-refractivity contribution >= 4 is 0 Å². The third kappa shape index (κ3) is 1.69. The van der Waals surface area contributed by atoms with Gasteiger partial charge in [-0.15, -0.1) is 0 Å². The van der Waals surface area contributed by atoms with Gasteiger partial charge in [-0.25, -0.2) is 0 Å². The van der Waals surface area contributed by atoms with E-state index >= 15 is 0 Å². The monoisotopic (exact) mass is 164 g/mol. The van der Waals surface area contributed by atoms with Gasteiger partial charge in [0.15, 0.2) is 0 Å². The molecule has 1 saturated heterocycles. The van der Waals surface area contributed by atoms with Gasteiger partial charge in [0.25, 0.3) is 0 Å². The third-order valence-corrected chi connectivity index (χ3v) is 1.79. The Bertz CT molecular complexity index is 126. The highest BCUT2D eigenvalue weighted by atomic mass is 16.5. The lowest BCUT2D eigenvalue weighted by atomic mass is 10.0. The fourth-order valence-corrected chi connectivity index (χ4v) is 1.03. The molecule has 1 heterocycles. The molecule has 0 aliphatic carbocycles. The van der Waals surface area contributed by atoms with Gasteiger partial charge >= 0.3 is 0 Å². The lowest BCUT2D eigenvalue weighted by Gasteiger charge is -2.34. The van der Waals surface area contributed by atoms with Crippen LogP contribution < -0.4 is 0 Å². The minimum atomic E-state index is -1.22. The van der Waals surface area contributed by atoms with Gasteiger partial charge in [0, 0.05) is 0 Å². The summed E-state index contributed by atoms with van der Waals surface area (Å²) in [5.41, 5.74) is 0. The molecule has 5 heteroatoms. The molecule has 0 bridgehead atoms. The Balaban J connectivity index is 2.52. The van der Waals surface area contributed by atoms with E-state index in [2.05, 4.69) is 0 Å². The van der Waals surface area contributed by atoms with Gasteiger partial charge in [-0.05, 0) is 0 Å². The van der Waals surface area contributed by atoms with Crippen LogP contribution in [0.25, 0.3) is 0 Å². The Morgan fingerprint density at radius 2 is 1.82 bits per heavy atom. The van der Waals surface area contributed by atoms with Gasteiger partial charge in [-0.1, -0.05) is 0 Å². The van der Waals surface area contributed by atoms with Crippen LogP contribution in [0.15, 0.2) is 0 Å². The molecule has 4 atom stereocenters. The first-order chi connectivity index (χ1) is 5.16. The predicted octanol–water partition coefficient (Wildman–Crippen LogP) is -2.54. The van der Waals surface area contributed by atoms with Gasteiger partial charge in [-0.2, -0.15) is 0 Å². The summed E-state index contributed by atoms with van der Waals surface area (Å²) in [6, 6.07) is 0. The Morgan fingerprint density at radius 3 is 2.36 bits per heavy atom. The van der Waals surface area contributed by atoms with Crippen LogP contribution >= 0.6 is 0 Å². The maximum atomic E-state index is 9.11. The van der Waals surface area contributed by atoms with Crippen molar-refractivity contribution in [2.45, 2.75) is 24.4 Å². The van der Waals surface area contributed by atoms with Gasteiger partial charge in [0.1, 0.15) is 24.4 Å². The topological polar surface area (TPSA) is 90.2 Å². The van der Waals surface area contributed by atoms with Crippen molar-refractivity contribution in [3.05, 3.63) is 0 Å². The first kappa shape index (κ1) is 8.89. The van der Waals surface area contributed by atoms with Gasteiger partial charge in [0.2, 0.25) is 0 Å². The maximum Gasteiger partial charge on any atom is 0.111 e. The summed E-state index contributed by atoms with van der Waals surface area (Å²) in [5, 5.41) is 35.7. The van der Waals surface area contributed by atoms with E-state index < -0.39 is 24.4 Å². The zero-order valence-corrected chi connectivity index (χ0v) is 5.92. The minimum Gasteiger partial charge on any atom is -0.394 e. The number of ether oxygens (including phenoxy) is 1. The molecule has 1 fully saturated rings. The molecule has 0 aromatic carbocycles. The number of rotatable bonds is 1. The molecule has 5 nitrogen and oxygen atoms in total. The van der Waals surface area contributed by atoms with Crippen molar-refractivity contribution in [1.29, 1.82) is 0 Å². The molecule has 0 amide bonds. The van der Waals surface area contributed by atoms with E-state index in [1.165, 1.54) is 0 Å². The Kier molecular flexibility index (Phi) is 2.80. The van der Waals surface area contributed by atoms with E-state index in [-0.39, 0.29) is 13.2 Å². The number of aliphatic hydroxyl groups excluding tert-OH is 4. The van der Waals surface area contributed by atoms with Crippen LogP contribution in [0.5, 0.6) is 0 Å². The first-order valence-electron chi connectivity index (χ1n) is 3.43. The summed E-state index contributed by atoms with van der Waals surface area (Å²) in [6.07, 6.45) is -4.27. The molecule has 1 rings (SSSR count). The molecule has 1 aliphatic rings. The van der Waals surface area contributed by atoms with Crippen LogP contribution in [0, 0.1) is 0 Å². The third-order valence-electron chi connectivity index (χ3n) is 1.79. The van der Waals surface area contributed by atoms with Gasteiger partial charge in [0.05, 0.1) is 13.2 Å². The first-order valence-corrected chi connectivity index (χ1v) is 3.43. The molecule has 66 valence electrons. The van der Waals surface area contributed by atoms with Gasteiger partial charge < -0.3 is 25.2 Å². The van der Waals surface area contributed by atoms with Gasteiger partial charge in [-0.3, -0.25) is 0 Å². The zero-order chi connectivity index (χ0) is 8.43. The van der Waals surface area contributed by atoms with E-state index in [0.717, 1.165) is 0 Å². The number of hydrogen-bond acceptors (Lipinski definition) is 5. The highest BCUT2D eigenvalue weighted by Crippen LogP contribution is 2.14. The Morgan fingerprint density at radius 1 is 1.18 bits per heavy atom. The quantitative estimate of drug-likeness (QED) is 0.343. The molecule has 2 unspecified atom stereocenters. The molecule has 4 N–H and O–H groups in total. The largest absolute Gasteiger partial charge is 0.394 e. The number of hydrogen-bond donors (Lipinski definition) is 4. The number of aliphatic hydroxyl groups is 4. The van der Waals surface area contributed by atoms with Crippen molar-refractivity contribution in [2.75, 3.05) is 13.2 Å². The highest BCUT2D eigenvalue weighted by molar-refractivity contribution is 4.85. The average Bonchev–Trinajstić information content (AvgIpc) is 2.01. The van der Waals surface area contributed by atoms with E-state index in [1.807, 2.05) is 0 Å². The van der Waals surface area contributed by atoms with E-state index in [9.17, 15) is 0 Å². The zero-order valence-electron chi connectivity index (χ0n) is 5.92. The van der Waals surface area contributed by atoms with E-state index in [1.54, 1.807) is 0 Å². The van der Waals surface area contributed by atoms with Crippen molar-refractivity contribution in [2.24, 2.45) is 0 Å². The second kappa shape index (κ2) is 3.46. The molecule has 0 radical (unpaired) electrons. The van der Waals surface area contributed by atoms with Crippen LogP contribution in [-0.2, 0) is 4.74 Å². The van der Waals surface area contributed by atoms with Crippen LogP contribution in [0.4, 0.5) is 0 Å². The van der Waals surface area contributed by atoms with Crippen molar-refractivity contribution in [1.82, 2.24) is 0 Å². The summed E-state index contributed by atoms with van der Waals surface area (Å²) in [4.78, 5) is 0. The van der Waals surface area contributed by atoms with E-state index in [0.29, 0.717) is 0 Å². The highest BCUT2D eigenvalue weighted by Gasteiger charge is 2.36. The van der Waals surface area contributed by atoms with Crippen molar-refractivity contribution < 1.29 is 25.2 Å². The standard InChI is InChI=1S/C6H12O5/c7-1-4-6(10)5(9)3(8)2-11-4/h3-10H,1-2H2/t3?,4?,5-,6-/m0/s1. The van der Waals surface area contributed by atoms with Crippen LogP contribution in [0.2, 0.25) is 0 Å². The van der Waals surface area contributed by atoms with Crippen molar-refractivity contribution in [3.63, 3.8) is 0 Å². The molecular formula is C6H12O5. The molecule has 0 aromatic rings. The fraction of sp³-hybridized carbons (Fsp3) is 1.00. The molecule has 1 aliphatic heterocycles. The average molecular weight is 164 g/mol. The summed E-state index contributed by atoms with van der Waals surface area (Å²) in [5.74, 6) is 0.